The Morgan fingerprint density at radius 2 is 0.771 bits per heavy atom. The van der Waals surface area contributed by atoms with E-state index in [0.717, 1.165) is 109 Å². The topological polar surface area (TPSA) is 118 Å². The van der Waals surface area contributed by atoms with Crippen LogP contribution in [0.15, 0.2) is 48.6 Å². The predicted octanol–water partition coefficient (Wildman–Crippen LogP) is 16.8. The maximum Gasteiger partial charge on any atom is 0.508 e. The summed E-state index contributed by atoms with van der Waals surface area (Å²) in [5.41, 5.74) is 0. The van der Waals surface area contributed by atoms with Crippen LogP contribution in [0.3, 0.4) is 0 Å². The Bertz CT molecular complexity index is 1260. The Labute approximate surface area is 429 Å². The lowest BCUT2D eigenvalue weighted by atomic mass is 10.0. The van der Waals surface area contributed by atoms with E-state index in [2.05, 4.69) is 69.4 Å². The summed E-state index contributed by atoms with van der Waals surface area (Å²) in [6.45, 7) is 7.09. The molecule has 0 spiro atoms. The zero-order valence-electron chi connectivity index (χ0n) is 45.9. The van der Waals surface area contributed by atoms with Gasteiger partial charge in [0.1, 0.15) is 25.9 Å². The van der Waals surface area contributed by atoms with Crippen molar-refractivity contribution in [2.24, 2.45) is 0 Å². The van der Waals surface area contributed by atoms with Gasteiger partial charge >= 0.3 is 24.1 Å². The van der Waals surface area contributed by atoms with Crippen LogP contribution in [0, 0.1) is 0 Å². The molecule has 406 valence electrons. The molecule has 10 heteroatoms. The minimum absolute atomic E-state index is 0.0102. The molecule has 0 saturated heterocycles. The van der Waals surface area contributed by atoms with E-state index in [1.165, 1.54) is 96.3 Å². The number of carbonyl (C=O) groups is 4. The summed E-state index contributed by atoms with van der Waals surface area (Å²) in [5, 5.41) is 0. The number of nitrogens with zero attached hydrogens (tertiary/aromatic N) is 1. The number of ether oxygens (including phenoxy) is 5. The average molecular weight is 987 g/mol. The Kier molecular flexibility index (Phi) is 50.8. The van der Waals surface area contributed by atoms with Gasteiger partial charge in [-0.15, -0.1) is 0 Å². The number of hydrogen-bond acceptors (Lipinski definition) is 10. The largest absolute Gasteiger partial charge is 0.508 e. The lowest BCUT2D eigenvalue weighted by Crippen LogP contribution is -2.31. The van der Waals surface area contributed by atoms with Gasteiger partial charge in [0.25, 0.3) is 0 Å². The zero-order chi connectivity index (χ0) is 51.2. The van der Waals surface area contributed by atoms with Gasteiger partial charge in [0, 0.05) is 25.8 Å². The quantitative estimate of drug-likeness (QED) is 0.0252. The van der Waals surface area contributed by atoms with E-state index in [-0.39, 0.29) is 57.4 Å². The molecular weight excluding hydrogens is 879 g/mol. The molecule has 2 unspecified atom stereocenters. The van der Waals surface area contributed by atoms with Crippen molar-refractivity contribution in [3.05, 3.63) is 48.6 Å². The van der Waals surface area contributed by atoms with Gasteiger partial charge in [0.2, 0.25) is 0 Å². The SMILES string of the molecule is CCCCC/C=C\CC=CCCCCCCCC(=O)OCC(COC(=O)CCCCCCC/C=C\C/C=C\CCCCC)OC(=O)CCC(CCCCCCCCCCCC)OC(=O)OCCN(C)C. The van der Waals surface area contributed by atoms with Crippen LogP contribution in [0.2, 0.25) is 0 Å². The van der Waals surface area contributed by atoms with Crippen LogP contribution >= 0.6 is 0 Å². The summed E-state index contributed by atoms with van der Waals surface area (Å²) in [4.78, 5) is 53.4. The molecule has 0 N–H and O–H groups in total. The van der Waals surface area contributed by atoms with Crippen LogP contribution < -0.4 is 0 Å². The van der Waals surface area contributed by atoms with Gasteiger partial charge in [-0.3, -0.25) is 14.4 Å². The first-order valence-electron chi connectivity index (χ1n) is 28.8. The molecule has 0 aromatic carbocycles. The smallest absolute Gasteiger partial charge is 0.462 e. The van der Waals surface area contributed by atoms with Gasteiger partial charge in [0.15, 0.2) is 6.10 Å². The molecular formula is C60H107NO9. The Morgan fingerprint density at radius 3 is 1.21 bits per heavy atom. The summed E-state index contributed by atoms with van der Waals surface area (Å²) in [6.07, 6.45) is 53.4. The highest BCUT2D eigenvalue weighted by Gasteiger charge is 2.22. The first-order chi connectivity index (χ1) is 34.2. The molecule has 0 aliphatic heterocycles. The van der Waals surface area contributed by atoms with Crippen molar-refractivity contribution < 1.29 is 42.9 Å². The van der Waals surface area contributed by atoms with Crippen molar-refractivity contribution in [3.63, 3.8) is 0 Å². The molecule has 0 radical (unpaired) electrons. The highest BCUT2D eigenvalue weighted by atomic mass is 16.7. The molecule has 0 aliphatic carbocycles. The van der Waals surface area contributed by atoms with Crippen LogP contribution in [-0.2, 0) is 38.1 Å². The third-order valence-electron chi connectivity index (χ3n) is 12.4. The van der Waals surface area contributed by atoms with Crippen molar-refractivity contribution in [1.29, 1.82) is 0 Å². The van der Waals surface area contributed by atoms with E-state index in [0.29, 0.717) is 13.0 Å². The van der Waals surface area contributed by atoms with Crippen molar-refractivity contribution in [1.82, 2.24) is 4.90 Å². The average Bonchev–Trinajstić information content (AvgIpc) is 3.34. The Balaban J connectivity index is 5.03. The number of allylic oxidation sites excluding steroid dienone is 8. The number of rotatable bonds is 51. The number of hydrogen-bond donors (Lipinski definition) is 0. The van der Waals surface area contributed by atoms with Crippen molar-refractivity contribution in [2.75, 3.05) is 40.5 Å². The van der Waals surface area contributed by atoms with E-state index < -0.39 is 24.3 Å². The first-order valence-corrected chi connectivity index (χ1v) is 28.8. The maximum atomic E-state index is 13.3. The number of unbranched alkanes of at least 4 members (excludes halogenated alkanes) is 25. The van der Waals surface area contributed by atoms with E-state index in [4.69, 9.17) is 23.7 Å². The lowest BCUT2D eigenvalue weighted by Gasteiger charge is -2.20. The van der Waals surface area contributed by atoms with Gasteiger partial charge in [-0.05, 0) is 110 Å². The standard InChI is InChI=1S/C60H107NO9/c1-6-9-12-15-18-21-24-26-28-30-32-35-38-41-44-47-57(62)67-53-56(54-68-58(63)48-45-42-39-36-33-31-29-27-25-22-19-16-13-10-7-2)69-59(64)50-49-55(70-60(65)66-52-51-61(4)5)46-43-40-37-34-23-20-17-14-11-8-3/h18-19,21-22,26-29,55-56H,6-17,20,23-25,30-54H2,1-5H3/b21-18-,22-19-,28-26-,29-27?. The summed E-state index contributed by atoms with van der Waals surface area (Å²) in [6, 6.07) is 0. The predicted molar refractivity (Wildman–Crippen MR) is 291 cm³/mol. The first kappa shape index (κ1) is 66.6. The van der Waals surface area contributed by atoms with Gasteiger partial charge in [-0.2, -0.15) is 0 Å². The van der Waals surface area contributed by atoms with E-state index in [1.807, 2.05) is 19.0 Å². The Hall–Kier alpha value is -3.40. The second kappa shape index (κ2) is 53.4. The molecule has 0 amide bonds. The molecule has 0 aliphatic rings. The zero-order valence-corrected chi connectivity index (χ0v) is 45.9. The van der Waals surface area contributed by atoms with Crippen molar-refractivity contribution in [3.8, 4) is 0 Å². The Morgan fingerprint density at radius 1 is 0.386 bits per heavy atom. The van der Waals surface area contributed by atoms with Crippen LogP contribution in [0.5, 0.6) is 0 Å². The summed E-state index contributed by atoms with van der Waals surface area (Å²) >= 11 is 0. The molecule has 0 heterocycles. The monoisotopic (exact) mass is 986 g/mol. The fourth-order valence-electron chi connectivity index (χ4n) is 7.92. The minimum Gasteiger partial charge on any atom is -0.462 e. The normalized spacial score (nSPS) is 12.7. The molecule has 0 aromatic rings. The summed E-state index contributed by atoms with van der Waals surface area (Å²) in [7, 11) is 3.81. The number of likely N-dealkylation sites (N-methyl/N-ethyl adjacent to an activating group) is 1. The van der Waals surface area contributed by atoms with Gasteiger partial charge in [-0.25, -0.2) is 4.79 Å². The van der Waals surface area contributed by atoms with Crippen LogP contribution in [0.1, 0.15) is 258 Å². The van der Waals surface area contributed by atoms with E-state index in [1.54, 1.807) is 0 Å². The molecule has 0 fully saturated rings. The van der Waals surface area contributed by atoms with Gasteiger partial charge in [-0.1, -0.05) is 191 Å². The fraction of sp³-hybridized carbons (Fsp3) is 0.800. The van der Waals surface area contributed by atoms with Crippen molar-refractivity contribution in [2.45, 2.75) is 271 Å². The highest BCUT2D eigenvalue weighted by molar-refractivity contribution is 5.71. The second-order valence-electron chi connectivity index (χ2n) is 19.6. The lowest BCUT2D eigenvalue weighted by molar-refractivity contribution is -0.167. The molecule has 0 saturated carbocycles. The van der Waals surface area contributed by atoms with Crippen LogP contribution in [0.4, 0.5) is 4.79 Å². The molecule has 2 atom stereocenters. The minimum atomic E-state index is -0.938. The second-order valence-corrected chi connectivity index (χ2v) is 19.6. The van der Waals surface area contributed by atoms with Crippen LogP contribution in [-0.4, -0.2) is 81.6 Å². The highest BCUT2D eigenvalue weighted by Crippen LogP contribution is 2.18. The van der Waals surface area contributed by atoms with E-state index in [9.17, 15) is 19.2 Å². The third-order valence-corrected chi connectivity index (χ3v) is 12.4. The van der Waals surface area contributed by atoms with Crippen LogP contribution in [0.25, 0.3) is 0 Å². The molecule has 70 heavy (non-hydrogen) atoms. The van der Waals surface area contributed by atoms with Crippen molar-refractivity contribution >= 4 is 24.1 Å². The third kappa shape index (κ3) is 51.0. The van der Waals surface area contributed by atoms with Gasteiger partial charge in [0.05, 0.1) is 0 Å². The summed E-state index contributed by atoms with van der Waals surface area (Å²) < 4.78 is 27.9. The molecule has 0 aromatic heterocycles. The molecule has 0 rings (SSSR count). The van der Waals surface area contributed by atoms with E-state index >= 15 is 0 Å². The van der Waals surface area contributed by atoms with Gasteiger partial charge < -0.3 is 28.6 Å². The number of carbonyl (C=O) groups excluding carboxylic acids is 4. The fourth-order valence-corrected chi connectivity index (χ4v) is 7.92. The maximum absolute atomic E-state index is 13.3. The molecule has 0 bridgehead atoms. The molecule has 10 nitrogen and oxygen atoms in total. The summed E-state index contributed by atoms with van der Waals surface area (Å²) in [5.74, 6) is -1.25. The number of esters is 3.